The normalized spacial score (nSPS) is 11.7. The third-order valence-corrected chi connectivity index (χ3v) is 6.28. The molecule has 1 heterocycles. The number of rotatable bonds is 7. The van der Waals surface area contributed by atoms with Crippen molar-refractivity contribution in [2.24, 2.45) is 0 Å². The average Bonchev–Trinajstić information content (AvgIpc) is 2.78. The first-order valence-electron chi connectivity index (χ1n) is 11.4. The lowest BCUT2D eigenvalue weighted by Gasteiger charge is -2.19. The van der Waals surface area contributed by atoms with E-state index in [0.29, 0.717) is 5.56 Å². The molecule has 0 bridgehead atoms. The van der Waals surface area contributed by atoms with E-state index in [1.807, 2.05) is 0 Å². The van der Waals surface area contributed by atoms with Crippen molar-refractivity contribution >= 4 is 50.7 Å². The summed E-state index contributed by atoms with van der Waals surface area (Å²) < 4.78 is 58.3. The quantitative estimate of drug-likeness (QED) is 0.379. The Balaban J connectivity index is 1.90. The Bertz CT molecular complexity index is 1580. The molecule has 39 heavy (non-hydrogen) atoms. The van der Waals surface area contributed by atoms with Gasteiger partial charge in [-0.05, 0) is 44.5 Å². The molecule has 0 aliphatic heterocycles. The van der Waals surface area contributed by atoms with Gasteiger partial charge in [0.2, 0.25) is 0 Å². The minimum atomic E-state index is -4.34. The van der Waals surface area contributed by atoms with Crippen molar-refractivity contribution in [1.82, 2.24) is 9.62 Å². The molecule has 0 aliphatic carbocycles. The fourth-order valence-corrected chi connectivity index (χ4v) is 4.39. The largest absolute Gasteiger partial charge is 0.443 e. The molecule has 1 aromatic heterocycles. The van der Waals surface area contributed by atoms with E-state index in [2.05, 4.69) is 4.72 Å². The van der Waals surface area contributed by atoms with E-state index < -0.39 is 40.3 Å². The predicted octanol–water partition coefficient (Wildman–Crippen LogP) is 4.75. The Morgan fingerprint density at radius 3 is 2.44 bits per heavy atom. The molecule has 0 aliphatic rings. The number of carbonyl (C=O) groups is 2. The maximum absolute atomic E-state index is 14.2. The number of carbonyl (C=O) groups excluding carboxylic acids is 2. The van der Waals surface area contributed by atoms with Gasteiger partial charge in [0.05, 0.1) is 10.7 Å². The van der Waals surface area contributed by atoms with Gasteiger partial charge < -0.3 is 18.8 Å². The van der Waals surface area contributed by atoms with Crippen molar-refractivity contribution in [2.45, 2.75) is 39.5 Å². The second-order valence-corrected chi connectivity index (χ2v) is 11.4. The Kier molecular flexibility index (Phi) is 8.76. The SMILES string of the molecule is CN(C)C(=O)Oc1cc2oc(=O)c(Cc3cccc(NS(=O)(=O)NC(=O)OC(C)(C)C)c3)c(CF)c2cc1Cl. The molecule has 3 aromatic rings. The zero-order chi connectivity index (χ0) is 29.1. The van der Waals surface area contributed by atoms with Crippen LogP contribution in [0.2, 0.25) is 5.02 Å². The van der Waals surface area contributed by atoms with Gasteiger partial charge in [-0.2, -0.15) is 8.42 Å². The van der Waals surface area contributed by atoms with Crippen LogP contribution in [0, 0.1) is 0 Å². The lowest BCUT2D eigenvalue weighted by Crippen LogP contribution is -2.39. The lowest BCUT2D eigenvalue weighted by atomic mass is 9.99. The van der Waals surface area contributed by atoms with Crippen LogP contribution in [0.25, 0.3) is 11.0 Å². The molecule has 210 valence electrons. The van der Waals surface area contributed by atoms with Crippen LogP contribution < -0.4 is 19.8 Å². The molecule has 0 saturated heterocycles. The minimum absolute atomic E-state index is 0.00101. The summed E-state index contributed by atoms with van der Waals surface area (Å²) in [5.41, 5.74) is -1.24. The van der Waals surface area contributed by atoms with Gasteiger partial charge in [0.25, 0.3) is 0 Å². The van der Waals surface area contributed by atoms with Crippen LogP contribution in [0.5, 0.6) is 5.75 Å². The molecule has 2 N–H and O–H groups in total. The first-order chi connectivity index (χ1) is 18.1. The number of ether oxygens (including phenoxy) is 2. The molecule has 0 unspecified atom stereocenters. The van der Waals surface area contributed by atoms with Crippen molar-refractivity contribution in [3.63, 3.8) is 0 Å². The molecule has 0 atom stereocenters. The molecule has 0 radical (unpaired) electrons. The van der Waals surface area contributed by atoms with Gasteiger partial charge in [-0.15, -0.1) is 0 Å². The summed E-state index contributed by atoms with van der Waals surface area (Å²) in [4.78, 5) is 37.8. The number of fused-ring (bicyclic) bond motifs is 1. The minimum Gasteiger partial charge on any atom is -0.443 e. The van der Waals surface area contributed by atoms with E-state index in [4.69, 9.17) is 25.5 Å². The van der Waals surface area contributed by atoms with E-state index in [0.717, 1.165) is 0 Å². The highest BCUT2D eigenvalue weighted by molar-refractivity contribution is 7.91. The molecular weight excluding hydrogens is 557 g/mol. The third kappa shape index (κ3) is 7.83. The van der Waals surface area contributed by atoms with Crippen molar-refractivity contribution in [2.75, 3.05) is 18.8 Å². The number of alkyl halides is 1. The number of amides is 2. The van der Waals surface area contributed by atoms with Crippen molar-refractivity contribution in [3.05, 3.63) is 68.5 Å². The van der Waals surface area contributed by atoms with E-state index in [-0.39, 0.29) is 45.0 Å². The summed E-state index contributed by atoms with van der Waals surface area (Å²) in [6.45, 7) is 3.71. The first-order valence-corrected chi connectivity index (χ1v) is 13.3. The monoisotopic (exact) mass is 583 g/mol. The summed E-state index contributed by atoms with van der Waals surface area (Å²) in [6.07, 6.45) is -1.98. The van der Waals surface area contributed by atoms with Gasteiger partial charge >= 0.3 is 28.0 Å². The molecule has 3 rings (SSSR count). The Morgan fingerprint density at radius 1 is 1.13 bits per heavy atom. The maximum Gasteiger partial charge on any atom is 0.422 e. The fourth-order valence-electron chi connectivity index (χ4n) is 3.44. The molecular formula is C25H27ClFN3O8S. The number of halogens is 2. The third-order valence-electron chi connectivity index (χ3n) is 5.05. The lowest BCUT2D eigenvalue weighted by molar-refractivity contribution is 0.0570. The van der Waals surface area contributed by atoms with Gasteiger partial charge in [0.15, 0.2) is 5.75 Å². The summed E-state index contributed by atoms with van der Waals surface area (Å²) >= 11 is 6.24. The van der Waals surface area contributed by atoms with Crippen LogP contribution >= 0.6 is 11.6 Å². The van der Waals surface area contributed by atoms with Gasteiger partial charge in [0.1, 0.15) is 17.9 Å². The molecule has 2 amide bonds. The standard InChI is InChI=1S/C25H27ClFN3O8S/c1-25(2,3)38-23(32)29-39(34,35)28-15-8-6-7-14(9-15)10-17-18(13-27)16-11-19(26)21(37-24(33)30(4)5)12-20(16)36-22(17)31/h6-9,11-12,28H,10,13H2,1-5H3,(H,29,32). The van der Waals surface area contributed by atoms with Gasteiger partial charge in [0, 0.05) is 43.1 Å². The molecule has 0 fully saturated rings. The van der Waals surface area contributed by atoms with Crippen LogP contribution in [0.4, 0.5) is 19.7 Å². The van der Waals surface area contributed by atoms with Crippen LogP contribution in [0.1, 0.15) is 37.5 Å². The second kappa shape index (κ2) is 11.5. The Hall–Kier alpha value is -3.84. The van der Waals surface area contributed by atoms with E-state index >= 15 is 0 Å². The first kappa shape index (κ1) is 29.7. The molecule has 14 heteroatoms. The van der Waals surface area contributed by atoms with Crippen LogP contribution in [-0.2, 0) is 28.0 Å². The summed E-state index contributed by atoms with van der Waals surface area (Å²) in [5, 5.41) is 0.210. The molecule has 2 aromatic carbocycles. The smallest absolute Gasteiger partial charge is 0.422 e. The van der Waals surface area contributed by atoms with Gasteiger partial charge in [-0.25, -0.2) is 23.5 Å². The van der Waals surface area contributed by atoms with Gasteiger partial charge in [-0.1, -0.05) is 23.7 Å². The van der Waals surface area contributed by atoms with Crippen molar-refractivity contribution in [3.8, 4) is 5.75 Å². The van der Waals surface area contributed by atoms with Gasteiger partial charge in [-0.3, -0.25) is 4.72 Å². The van der Waals surface area contributed by atoms with E-state index in [1.165, 1.54) is 49.3 Å². The van der Waals surface area contributed by atoms with E-state index in [1.54, 1.807) is 31.6 Å². The Morgan fingerprint density at radius 2 is 1.82 bits per heavy atom. The second-order valence-electron chi connectivity index (χ2n) is 9.61. The predicted molar refractivity (Wildman–Crippen MR) is 143 cm³/mol. The van der Waals surface area contributed by atoms with Crippen molar-refractivity contribution < 1.29 is 36.3 Å². The summed E-state index contributed by atoms with van der Waals surface area (Å²) in [5.74, 6) is -0.0662. The number of benzene rings is 2. The summed E-state index contributed by atoms with van der Waals surface area (Å²) in [6, 6.07) is 8.52. The van der Waals surface area contributed by atoms with E-state index in [9.17, 15) is 27.2 Å². The fraction of sp³-hybridized carbons (Fsp3) is 0.320. The number of nitrogens with one attached hydrogen (secondary N) is 2. The molecule has 0 spiro atoms. The number of nitrogens with zero attached hydrogens (tertiary/aromatic N) is 1. The highest BCUT2D eigenvalue weighted by atomic mass is 35.5. The average molecular weight is 584 g/mol. The topological polar surface area (TPSA) is 144 Å². The highest BCUT2D eigenvalue weighted by Gasteiger charge is 2.22. The maximum atomic E-state index is 14.2. The van der Waals surface area contributed by atoms with Crippen molar-refractivity contribution in [1.29, 1.82) is 0 Å². The highest BCUT2D eigenvalue weighted by Crippen LogP contribution is 2.33. The zero-order valence-corrected chi connectivity index (χ0v) is 23.3. The molecule has 11 nitrogen and oxygen atoms in total. The zero-order valence-electron chi connectivity index (χ0n) is 21.8. The number of anilines is 1. The molecule has 0 saturated carbocycles. The number of hydrogen-bond acceptors (Lipinski definition) is 8. The summed E-state index contributed by atoms with van der Waals surface area (Å²) in [7, 11) is -1.39. The van der Waals surface area contributed by atoms with Crippen LogP contribution in [0.15, 0.2) is 45.6 Å². The van der Waals surface area contributed by atoms with Crippen LogP contribution in [0.3, 0.4) is 0 Å². The number of hydrogen-bond donors (Lipinski definition) is 2. The Labute approximate surface area is 229 Å². The van der Waals surface area contributed by atoms with Crippen LogP contribution in [-0.4, -0.2) is 45.2 Å².